The van der Waals surface area contributed by atoms with Gasteiger partial charge in [0.05, 0.1) is 5.75 Å². The summed E-state index contributed by atoms with van der Waals surface area (Å²) in [6.45, 7) is 4.44. The van der Waals surface area contributed by atoms with Gasteiger partial charge in [-0.3, -0.25) is 0 Å². The molecule has 0 aromatic heterocycles. The predicted molar refractivity (Wildman–Crippen MR) is 62.4 cm³/mol. The van der Waals surface area contributed by atoms with E-state index in [1.807, 2.05) is 0 Å². The van der Waals surface area contributed by atoms with Crippen LogP contribution in [0.3, 0.4) is 0 Å². The fourth-order valence-corrected chi connectivity index (χ4v) is 3.05. The van der Waals surface area contributed by atoms with E-state index in [1.54, 1.807) is 0 Å². The molecular formula is C9H17ClN2O2S. The molecule has 0 radical (unpaired) electrons. The lowest BCUT2D eigenvalue weighted by molar-refractivity contribution is 0.422. The summed E-state index contributed by atoms with van der Waals surface area (Å²) in [5, 5.41) is 3.49. The van der Waals surface area contributed by atoms with Crippen LogP contribution in [-0.4, -0.2) is 33.3 Å². The Morgan fingerprint density at radius 2 is 2.27 bits per heavy atom. The lowest BCUT2D eigenvalue weighted by Gasteiger charge is -2.23. The van der Waals surface area contributed by atoms with Crippen LogP contribution in [-0.2, 0) is 10.0 Å². The standard InChI is InChI=1S/C9H17ClN2O2S/c1-8(10)6-12-15(13,14)7-9-4-2-3-5-11-9/h9,11-12H,1-7H2. The number of sulfonamides is 1. The van der Waals surface area contributed by atoms with Gasteiger partial charge in [0, 0.05) is 17.6 Å². The molecule has 0 bridgehead atoms. The van der Waals surface area contributed by atoms with Crippen molar-refractivity contribution in [2.45, 2.75) is 25.3 Å². The molecule has 2 N–H and O–H groups in total. The van der Waals surface area contributed by atoms with E-state index in [9.17, 15) is 8.42 Å². The Kier molecular flexibility index (Phi) is 5.05. The summed E-state index contributed by atoms with van der Waals surface area (Å²) in [7, 11) is -3.23. The van der Waals surface area contributed by atoms with E-state index in [0.717, 1.165) is 25.8 Å². The molecule has 88 valence electrons. The van der Waals surface area contributed by atoms with Crippen LogP contribution in [0.15, 0.2) is 11.6 Å². The molecule has 15 heavy (non-hydrogen) atoms. The fraction of sp³-hybridized carbons (Fsp3) is 0.778. The van der Waals surface area contributed by atoms with Gasteiger partial charge in [-0.1, -0.05) is 24.6 Å². The molecule has 6 heteroatoms. The molecule has 0 saturated carbocycles. The van der Waals surface area contributed by atoms with Gasteiger partial charge >= 0.3 is 0 Å². The van der Waals surface area contributed by atoms with Crippen LogP contribution in [0.4, 0.5) is 0 Å². The third kappa shape index (κ3) is 5.51. The molecule has 1 unspecified atom stereocenters. The maximum absolute atomic E-state index is 11.6. The summed E-state index contributed by atoms with van der Waals surface area (Å²) >= 11 is 5.49. The highest BCUT2D eigenvalue weighted by atomic mass is 35.5. The maximum atomic E-state index is 11.6. The minimum absolute atomic E-state index is 0.0693. The van der Waals surface area contributed by atoms with Gasteiger partial charge in [0.25, 0.3) is 0 Å². The molecule has 0 aliphatic carbocycles. The second-order valence-electron chi connectivity index (χ2n) is 3.77. The van der Waals surface area contributed by atoms with E-state index in [2.05, 4.69) is 16.6 Å². The van der Waals surface area contributed by atoms with Crippen molar-refractivity contribution in [3.05, 3.63) is 11.6 Å². The monoisotopic (exact) mass is 252 g/mol. The van der Waals surface area contributed by atoms with Gasteiger partial charge in [0.15, 0.2) is 0 Å². The van der Waals surface area contributed by atoms with Crippen molar-refractivity contribution in [2.75, 3.05) is 18.8 Å². The molecule has 0 aromatic carbocycles. The molecule has 1 aliphatic heterocycles. The zero-order valence-electron chi connectivity index (χ0n) is 8.63. The van der Waals surface area contributed by atoms with Gasteiger partial charge in [-0.05, 0) is 19.4 Å². The van der Waals surface area contributed by atoms with Gasteiger partial charge in [0.1, 0.15) is 0 Å². The van der Waals surface area contributed by atoms with E-state index in [4.69, 9.17) is 11.6 Å². The number of halogens is 1. The summed E-state index contributed by atoms with van der Waals surface area (Å²) in [6.07, 6.45) is 3.14. The Morgan fingerprint density at radius 1 is 1.53 bits per heavy atom. The number of nitrogens with one attached hydrogen (secondary N) is 2. The molecule has 1 aliphatic rings. The van der Waals surface area contributed by atoms with Gasteiger partial charge in [0.2, 0.25) is 10.0 Å². The van der Waals surface area contributed by atoms with Crippen LogP contribution in [0, 0.1) is 0 Å². The quantitative estimate of drug-likeness (QED) is 0.761. The first-order valence-corrected chi connectivity index (χ1v) is 7.06. The van der Waals surface area contributed by atoms with Crippen LogP contribution < -0.4 is 10.0 Å². The fourth-order valence-electron chi connectivity index (χ4n) is 1.58. The molecule has 1 fully saturated rings. The number of piperidine rings is 1. The van der Waals surface area contributed by atoms with Gasteiger partial charge in [-0.2, -0.15) is 0 Å². The van der Waals surface area contributed by atoms with E-state index in [-0.39, 0.29) is 18.3 Å². The Bertz CT molecular complexity index is 310. The predicted octanol–water partition coefficient (Wildman–Crippen LogP) is 0.800. The largest absolute Gasteiger partial charge is 0.313 e. The first kappa shape index (κ1) is 13.0. The van der Waals surface area contributed by atoms with Gasteiger partial charge < -0.3 is 5.32 Å². The maximum Gasteiger partial charge on any atom is 0.213 e. The van der Waals surface area contributed by atoms with Gasteiger partial charge in [-0.25, -0.2) is 13.1 Å². The second kappa shape index (κ2) is 5.84. The topological polar surface area (TPSA) is 58.2 Å². The van der Waals surface area contributed by atoms with Crippen molar-refractivity contribution in [1.82, 2.24) is 10.0 Å². The molecule has 1 atom stereocenters. The first-order chi connectivity index (χ1) is 6.99. The smallest absolute Gasteiger partial charge is 0.213 e. The lowest BCUT2D eigenvalue weighted by Crippen LogP contribution is -2.42. The zero-order valence-corrected chi connectivity index (χ0v) is 10.2. The third-order valence-electron chi connectivity index (χ3n) is 2.32. The third-order valence-corrected chi connectivity index (χ3v) is 3.88. The Labute approximate surface area is 96.1 Å². The molecule has 4 nitrogen and oxygen atoms in total. The molecule has 0 aromatic rings. The van der Waals surface area contributed by atoms with E-state index < -0.39 is 10.0 Å². The lowest BCUT2D eigenvalue weighted by atomic mass is 10.1. The minimum Gasteiger partial charge on any atom is -0.313 e. The minimum atomic E-state index is -3.23. The highest BCUT2D eigenvalue weighted by molar-refractivity contribution is 7.89. The van der Waals surface area contributed by atoms with Crippen molar-refractivity contribution in [3.63, 3.8) is 0 Å². The molecule has 0 amide bonds. The highest BCUT2D eigenvalue weighted by Gasteiger charge is 2.20. The van der Waals surface area contributed by atoms with Gasteiger partial charge in [-0.15, -0.1) is 0 Å². The van der Waals surface area contributed by atoms with E-state index in [1.165, 1.54) is 0 Å². The normalized spacial score (nSPS) is 22.6. The van der Waals surface area contributed by atoms with Crippen molar-refractivity contribution in [1.29, 1.82) is 0 Å². The zero-order chi connectivity index (χ0) is 11.3. The SMILES string of the molecule is C=C(Cl)CNS(=O)(=O)CC1CCCCN1. The number of rotatable bonds is 5. The summed E-state index contributed by atoms with van der Waals surface area (Å²) < 4.78 is 25.5. The Hall–Kier alpha value is -0.100. The highest BCUT2D eigenvalue weighted by Crippen LogP contribution is 2.08. The molecule has 0 spiro atoms. The Balaban J connectivity index is 2.37. The van der Waals surface area contributed by atoms with Crippen LogP contribution in [0.1, 0.15) is 19.3 Å². The van der Waals surface area contributed by atoms with Crippen LogP contribution >= 0.6 is 11.6 Å². The van der Waals surface area contributed by atoms with Crippen LogP contribution in [0.5, 0.6) is 0 Å². The molecule has 1 heterocycles. The average molecular weight is 253 g/mol. The van der Waals surface area contributed by atoms with E-state index >= 15 is 0 Å². The number of hydrogen-bond donors (Lipinski definition) is 2. The summed E-state index contributed by atoms with van der Waals surface area (Å²) in [5.41, 5.74) is 0. The van der Waals surface area contributed by atoms with E-state index in [0.29, 0.717) is 5.03 Å². The summed E-state index contributed by atoms with van der Waals surface area (Å²) in [5.74, 6) is 0.122. The van der Waals surface area contributed by atoms with Crippen LogP contribution in [0.25, 0.3) is 0 Å². The number of hydrogen-bond acceptors (Lipinski definition) is 3. The van der Waals surface area contributed by atoms with Crippen LogP contribution in [0.2, 0.25) is 0 Å². The first-order valence-electron chi connectivity index (χ1n) is 5.03. The van der Waals surface area contributed by atoms with Crippen molar-refractivity contribution in [2.24, 2.45) is 0 Å². The van der Waals surface area contributed by atoms with Crippen molar-refractivity contribution < 1.29 is 8.42 Å². The summed E-state index contributed by atoms with van der Waals surface area (Å²) in [4.78, 5) is 0. The molecular weight excluding hydrogens is 236 g/mol. The van der Waals surface area contributed by atoms with Crippen molar-refractivity contribution >= 4 is 21.6 Å². The molecule has 1 saturated heterocycles. The second-order valence-corrected chi connectivity index (χ2v) is 6.15. The molecule has 1 rings (SSSR count). The van der Waals surface area contributed by atoms with Crippen molar-refractivity contribution in [3.8, 4) is 0 Å². The average Bonchev–Trinajstić information content (AvgIpc) is 2.16. The summed E-state index contributed by atoms with van der Waals surface area (Å²) in [6, 6.07) is 0.0693. The Morgan fingerprint density at radius 3 is 2.80 bits per heavy atom.